The van der Waals surface area contributed by atoms with E-state index in [4.69, 9.17) is 4.98 Å². The zero-order valence-electron chi connectivity index (χ0n) is 17.0. The van der Waals surface area contributed by atoms with Crippen LogP contribution in [0.25, 0.3) is 15.9 Å². The smallest absolute Gasteiger partial charge is 0.267 e. The molecule has 0 unspecified atom stereocenters. The monoisotopic (exact) mass is 467 g/mol. The Morgan fingerprint density at radius 1 is 1.23 bits per heavy atom. The van der Waals surface area contributed by atoms with Crippen LogP contribution in [0.4, 0.5) is 0 Å². The largest absolute Gasteiger partial charge is 0.350 e. The predicted octanol–water partition coefficient (Wildman–Crippen LogP) is 4.79. The molecule has 158 valence electrons. The Morgan fingerprint density at radius 2 is 2.06 bits per heavy atom. The predicted molar refractivity (Wildman–Crippen MR) is 129 cm³/mol. The molecular weight excluding hydrogens is 446 g/mol. The minimum Gasteiger partial charge on any atom is -0.350 e. The number of aryl methyl sites for hydroxylation is 2. The van der Waals surface area contributed by atoms with Gasteiger partial charge >= 0.3 is 0 Å². The lowest BCUT2D eigenvalue weighted by Gasteiger charge is -2.16. The van der Waals surface area contributed by atoms with Crippen LogP contribution in [0, 0.1) is 0 Å². The van der Waals surface area contributed by atoms with Crippen LogP contribution >= 0.6 is 34.4 Å². The van der Waals surface area contributed by atoms with Gasteiger partial charge in [-0.05, 0) is 55.3 Å². The molecule has 0 radical (unpaired) electrons. The summed E-state index contributed by atoms with van der Waals surface area (Å²) in [4.78, 5) is 34.4. The second-order valence-electron chi connectivity index (χ2n) is 7.47. The van der Waals surface area contributed by atoms with Gasteiger partial charge in [-0.15, -0.1) is 22.7 Å². The molecule has 0 bridgehead atoms. The first-order valence-corrected chi connectivity index (χ1v) is 12.8. The third kappa shape index (κ3) is 3.95. The molecule has 5 nitrogen and oxygen atoms in total. The van der Waals surface area contributed by atoms with E-state index < -0.39 is 0 Å². The topological polar surface area (TPSA) is 64.0 Å². The van der Waals surface area contributed by atoms with Crippen LogP contribution in [0.3, 0.4) is 0 Å². The highest BCUT2D eigenvalue weighted by molar-refractivity contribution is 8.00. The summed E-state index contributed by atoms with van der Waals surface area (Å²) in [5, 5.41) is 5.91. The van der Waals surface area contributed by atoms with Gasteiger partial charge in [-0.25, -0.2) is 4.98 Å². The van der Waals surface area contributed by atoms with Crippen molar-refractivity contribution in [3.63, 3.8) is 0 Å². The standard InChI is InChI=1S/C23H21N3O2S3/c1-14(20(27)24-13-16-9-6-12-29-16)30-23-25-21-19(17-10-5-11-18(17)31-21)22(28)26(23)15-7-3-2-4-8-15/h2-4,6-9,12,14H,5,10-11,13H2,1H3,(H,24,27)/t14-/m0/s1. The lowest BCUT2D eigenvalue weighted by atomic mass is 10.2. The number of nitrogens with zero attached hydrogens (tertiary/aromatic N) is 2. The highest BCUT2D eigenvalue weighted by Gasteiger charge is 2.25. The lowest BCUT2D eigenvalue weighted by molar-refractivity contribution is -0.120. The highest BCUT2D eigenvalue weighted by atomic mass is 32.2. The molecule has 1 aromatic carbocycles. The van der Waals surface area contributed by atoms with Gasteiger partial charge in [0.2, 0.25) is 5.91 Å². The van der Waals surface area contributed by atoms with Crippen LogP contribution in [0.15, 0.2) is 57.8 Å². The number of aromatic nitrogens is 2. The number of thiophene rings is 2. The number of amides is 1. The average molecular weight is 468 g/mol. The summed E-state index contributed by atoms with van der Waals surface area (Å²) < 4.78 is 1.67. The molecule has 0 fully saturated rings. The van der Waals surface area contributed by atoms with Crippen LogP contribution in [-0.4, -0.2) is 20.7 Å². The Balaban J connectivity index is 1.51. The third-order valence-electron chi connectivity index (χ3n) is 5.39. The Hall–Kier alpha value is -2.42. The van der Waals surface area contributed by atoms with Gasteiger partial charge in [0, 0.05) is 9.75 Å². The van der Waals surface area contributed by atoms with Crippen LogP contribution in [0.5, 0.6) is 0 Å². The number of benzene rings is 1. The van der Waals surface area contributed by atoms with E-state index in [1.807, 2.05) is 54.8 Å². The van der Waals surface area contributed by atoms with Crippen molar-refractivity contribution in [2.75, 3.05) is 0 Å². The van der Waals surface area contributed by atoms with Crippen molar-refractivity contribution in [2.24, 2.45) is 0 Å². The number of thioether (sulfide) groups is 1. The SMILES string of the molecule is C[C@H](Sc1nc2sc3c(c2c(=O)n1-c1ccccc1)CCC3)C(=O)NCc1cccs1. The van der Waals surface area contributed by atoms with Gasteiger partial charge in [-0.1, -0.05) is 36.0 Å². The number of hydrogen-bond acceptors (Lipinski definition) is 6. The van der Waals surface area contributed by atoms with E-state index in [1.165, 1.54) is 22.2 Å². The van der Waals surface area contributed by atoms with Crippen LogP contribution in [-0.2, 0) is 24.2 Å². The summed E-state index contributed by atoms with van der Waals surface area (Å²) in [6.45, 7) is 2.37. The van der Waals surface area contributed by atoms with Crippen molar-refractivity contribution < 1.29 is 4.79 Å². The summed E-state index contributed by atoms with van der Waals surface area (Å²) in [6.07, 6.45) is 3.06. The van der Waals surface area contributed by atoms with E-state index in [1.54, 1.807) is 27.2 Å². The molecule has 1 aliphatic carbocycles. The van der Waals surface area contributed by atoms with Crippen LogP contribution in [0.2, 0.25) is 0 Å². The van der Waals surface area contributed by atoms with E-state index in [2.05, 4.69) is 5.32 Å². The van der Waals surface area contributed by atoms with E-state index >= 15 is 0 Å². The van der Waals surface area contributed by atoms with Crippen LogP contribution < -0.4 is 10.9 Å². The first-order valence-electron chi connectivity index (χ1n) is 10.2. The molecule has 0 spiro atoms. The normalized spacial score (nSPS) is 14.0. The summed E-state index contributed by atoms with van der Waals surface area (Å²) in [5.74, 6) is -0.0685. The maximum absolute atomic E-state index is 13.6. The number of rotatable bonds is 6. The van der Waals surface area contributed by atoms with Gasteiger partial charge in [0.15, 0.2) is 5.16 Å². The van der Waals surface area contributed by atoms with E-state index in [9.17, 15) is 9.59 Å². The number of fused-ring (bicyclic) bond motifs is 3. The number of para-hydroxylation sites is 1. The third-order valence-corrected chi connectivity index (χ3v) is 8.51. The maximum Gasteiger partial charge on any atom is 0.267 e. The van der Waals surface area contributed by atoms with Gasteiger partial charge in [0.1, 0.15) is 4.83 Å². The van der Waals surface area contributed by atoms with Crippen molar-refractivity contribution in [2.45, 2.75) is 43.1 Å². The van der Waals surface area contributed by atoms with E-state index in [0.29, 0.717) is 11.7 Å². The fourth-order valence-corrected chi connectivity index (χ4v) is 6.75. The second-order valence-corrected chi connectivity index (χ2v) is 10.9. The van der Waals surface area contributed by atoms with Crippen molar-refractivity contribution in [1.29, 1.82) is 0 Å². The zero-order valence-corrected chi connectivity index (χ0v) is 19.4. The Bertz CT molecular complexity index is 1290. The van der Waals surface area contributed by atoms with Gasteiger partial charge < -0.3 is 5.32 Å². The molecule has 8 heteroatoms. The zero-order chi connectivity index (χ0) is 21.4. The number of carbonyl (C=O) groups excluding carboxylic acids is 1. The molecule has 1 aliphatic rings. The fourth-order valence-electron chi connectivity index (χ4n) is 3.85. The van der Waals surface area contributed by atoms with Crippen molar-refractivity contribution in [1.82, 2.24) is 14.9 Å². The molecule has 31 heavy (non-hydrogen) atoms. The Labute approximate surface area is 192 Å². The van der Waals surface area contributed by atoms with Gasteiger partial charge in [0.05, 0.1) is 22.9 Å². The number of carbonyl (C=O) groups is 1. The Kier molecular flexibility index (Phi) is 5.69. The molecule has 0 saturated carbocycles. The molecule has 0 saturated heterocycles. The molecule has 4 aromatic rings. The number of hydrogen-bond donors (Lipinski definition) is 1. The Morgan fingerprint density at radius 3 is 2.84 bits per heavy atom. The van der Waals surface area contributed by atoms with Gasteiger partial charge in [-0.2, -0.15) is 0 Å². The molecular formula is C23H21N3O2S3. The second kappa shape index (κ2) is 8.61. The number of nitrogens with one attached hydrogen (secondary N) is 1. The molecule has 5 rings (SSSR count). The van der Waals surface area contributed by atoms with Crippen molar-refractivity contribution in [3.05, 3.63) is 73.5 Å². The minimum atomic E-state index is -0.383. The molecule has 0 aliphatic heterocycles. The molecule has 1 N–H and O–H groups in total. The lowest BCUT2D eigenvalue weighted by Crippen LogP contribution is -2.31. The maximum atomic E-state index is 13.6. The van der Waals surface area contributed by atoms with Crippen molar-refractivity contribution in [3.8, 4) is 5.69 Å². The molecule has 3 heterocycles. The van der Waals surface area contributed by atoms with E-state index in [-0.39, 0.29) is 16.7 Å². The minimum absolute atomic E-state index is 0.0377. The van der Waals surface area contributed by atoms with Gasteiger partial charge in [0.25, 0.3) is 5.56 Å². The summed E-state index contributed by atoms with van der Waals surface area (Å²) >= 11 is 4.57. The average Bonchev–Trinajstić information content (AvgIpc) is 3.50. The summed E-state index contributed by atoms with van der Waals surface area (Å²) in [6, 6.07) is 13.5. The molecule has 1 amide bonds. The van der Waals surface area contributed by atoms with Crippen LogP contribution in [0.1, 0.15) is 28.7 Å². The molecule has 1 atom stereocenters. The van der Waals surface area contributed by atoms with E-state index in [0.717, 1.165) is 40.0 Å². The fraction of sp³-hybridized carbons (Fsp3) is 0.261. The summed E-state index contributed by atoms with van der Waals surface area (Å²) in [5.41, 5.74) is 1.90. The quantitative estimate of drug-likeness (QED) is 0.327. The van der Waals surface area contributed by atoms with Gasteiger partial charge in [-0.3, -0.25) is 14.2 Å². The first-order chi connectivity index (χ1) is 15.1. The molecule has 3 aromatic heterocycles. The van der Waals surface area contributed by atoms with Crippen molar-refractivity contribution >= 4 is 50.6 Å². The first kappa shape index (κ1) is 20.5. The highest BCUT2D eigenvalue weighted by Crippen LogP contribution is 2.36. The summed E-state index contributed by atoms with van der Waals surface area (Å²) in [7, 11) is 0.